The Morgan fingerprint density at radius 2 is 1.85 bits per heavy atom. The summed E-state index contributed by atoms with van der Waals surface area (Å²) >= 11 is 0. The Morgan fingerprint density at radius 3 is 2.54 bits per heavy atom. The molecule has 2 N–H and O–H groups in total. The second-order valence-electron chi connectivity index (χ2n) is 8.45. The summed E-state index contributed by atoms with van der Waals surface area (Å²) in [6.45, 7) is 0.130. The van der Waals surface area contributed by atoms with Crippen molar-refractivity contribution in [3.05, 3.63) is 84.3 Å². The first-order valence-corrected chi connectivity index (χ1v) is 13.2. The molecule has 2 aromatic carbocycles. The minimum Gasteiger partial charge on any atom is -0.483 e. The van der Waals surface area contributed by atoms with Crippen LogP contribution in [0.5, 0.6) is 5.75 Å². The largest absolute Gasteiger partial charge is 0.483 e. The van der Waals surface area contributed by atoms with E-state index in [1.165, 1.54) is 6.07 Å². The second kappa shape index (κ2) is 11.1. The van der Waals surface area contributed by atoms with Crippen LogP contribution in [0.2, 0.25) is 0 Å². The fraction of sp³-hybridized carbons (Fsp3) is 0.154. The molecule has 4 aromatic rings. The van der Waals surface area contributed by atoms with E-state index in [0.717, 1.165) is 29.5 Å². The molecule has 1 amide bonds. The van der Waals surface area contributed by atoms with E-state index in [4.69, 9.17) is 4.74 Å². The van der Waals surface area contributed by atoms with Crippen LogP contribution >= 0.6 is 0 Å². The minimum atomic E-state index is -4.69. The standard InChI is InChI=1S/C26H22F3N5O4S/c1-16-5-7-19(13-21(16)34-25-31-11-9-20(33-25)18-4-3-10-30-14-18)32-24(35)17-6-8-23(39(2,36)37)22(12-17)38-15-26(27,28)29/h3-14H,15H2,1-2H3,(H,32,35)(H,31,33,34). The lowest BCUT2D eigenvalue weighted by Gasteiger charge is -2.14. The molecule has 2 aromatic heterocycles. The van der Waals surface area contributed by atoms with Gasteiger partial charge in [-0.3, -0.25) is 9.78 Å². The van der Waals surface area contributed by atoms with E-state index < -0.39 is 39.2 Å². The Hall–Kier alpha value is -4.52. The molecule has 4 rings (SSSR count). The van der Waals surface area contributed by atoms with Gasteiger partial charge in [-0.1, -0.05) is 6.07 Å². The first-order chi connectivity index (χ1) is 18.4. The SMILES string of the molecule is Cc1ccc(NC(=O)c2ccc(S(C)(=O)=O)c(OCC(F)(F)F)c2)cc1Nc1nccc(-c2cccnc2)n1. The number of pyridine rings is 1. The molecule has 0 radical (unpaired) electrons. The number of alkyl halides is 3. The Bertz CT molecular complexity index is 1610. The molecule has 0 fully saturated rings. The van der Waals surface area contributed by atoms with Crippen molar-refractivity contribution in [3.63, 3.8) is 0 Å². The van der Waals surface area contributed by atoms with Crippen LogP contribution < -0.4 is 15.4 Å². The Morgan fingerprint density at radius 1 is 1.05 bits per heavy atom. The number of aromatic nitrogens is 3. The molecular formula is C26H22F3N5O4S. The van der Waals surface area contributed by atoms with Crippen LogP contribution in [0, 0.1) is 6.92 Å². The van der Waals surface area contributed by atoms with E-state index in [-0.39, 0.29) is 5.56 Å². The average Bonchev–Trinajstić information content (AvgIpc) is 2.89. The molecule has 0 spiro atoms. The first kappa shape index (κ1) is 27.5. The zero-order valence-corrected chi connectivity index (χ0v) is 21.5. The maximum Gasteiger partial charge on any atom is 0.422 e. The number of nitrogens with one attached hydrogen (secondary N) is 2. The maximum atomic E-state index is 12.9. The summed E-state index contributed by atoms with van der Waals surface area (Å²) in [7, 11) is -3.91. The molecule has 0 saturated heterocycles. The van der Waals surface area contributed by atoms with Gasteiger partial charge in [0, 0.05) is 47.3 Å². The average molecular weight is 558 g/mol. The predicted molar refractivity (Wildman–Crippen MR) is 139 cm³/mol. The van der Waals surface area contributed by atoms with Gasteiger partial charge in [0.1, 0.15) is 10.6 Å². The molecule has 0 unspecified atom stereocenters. The normalized spacial score (nSPS) is 11.6. The number of anilines is 3. The Kier molecular flexibility index (Phi) is 7.81. The monoisotopic (exact) mass is 557 g/mol. The zero-order valence-electron chi connectivity index (χ0n) is 20.7. The number of amides is 1. The zero-order chi connectivity index (χ0) is 28.2. The van der Waals surface area contributed by atoms with Gasteiger partial charge in [-0.05, 0) is 61.0 Å². The number of benzene rings is 2. The number of aryl methyl sites for hydroxylation is 1. The summed E-state index contributed by atoms with van der Waals surface area (Å²) in [5.41, 5.74) is 3.15. The van der Waals surface area contributed by atoms with Crippen LogP contribution in [0.1, 0.15) is 15.9 Å². The minimum absolute atomic E-state index is 0.0952. The molecule has 13 heteroatoms. The number of hydrogen-bond donors (Lipinski definition) is 2. The van der Waals surface area contributed by atoms with Gasteiger partial charge < -0.3 is 15.4 Å². The van der Waals surface area contributed by atoms with E-state index in [1.54, 1.807) is 48.9 Å². The van der Waals surface area contributed by atoms with Crippen molar-refractivity contribution in [2.75, 3.05) is 23.5 Å². The highest BCUT2D eigenvalue weighted by molar-refractivity contribution is 7.90. The lowest BCUT2D eigenvalue weighted by atomic mass is 10.1. The summed E-state index contributed by atoms with van der Waals surface area (Å²) in [5, 5.41) is 5.76. The third kappa shape index (κ3) is 7.29. The first-order valence-electron chi connectivity index (χ1n) is 11.4. The Labute approximate surface area is 222 Å². The van der Waals surface area contributed by atoms with Crippen LogP contribution in [-0.4, -0.2) is 48.3 Å². The highest BCUT2D eigenvalue weighted by Gasteiger charge is 2.30. The number of halogens is 3. The summed E-state index contributed by atoms with van der Waals surface area (Å²) < 4.78 is 66.7. The van der Waals surface area contributed by atoms with E-state index in [9.17, 15) is 26.4 Å². The molecule has 39 heavy (non-hydrogen) atoms. The van der Waals surface area contributed by atoms with Gasteiger partial charge >= 0.3 is 6.18 Å². The van der Waals surface area contributed by atoms with Gasteiger partial charge in [0.25, 0.3) is 5.91 Å². The number of hydrogen-bond acceptors (Lipinski definition) is 8. The van der Waals surface area contributed by atoms with Crippen LogP contribution in [0.4, 0.5) is 30.5 Å². The quantitative estimate of drug-likeness (QED) is 0.304. The lowest BCUT2D eigenvalue weighted by molar-refractivity contribution is -0.153. The van der Waals surface area contributed by atoms with E-state index in [2.05, 4.69) is 25.6 Å². The summed E-state index contributed by atoms with van der Waals surface area (Å²) in [4.78, 5) is 25.3. The molecule has 0 aliphatic carbocycles. The summed E-state index contributed by atoms with van der Waals surface area (Å²) in [6.07, 6.45) is 1.06. The third-order valence-electron chi connectivity index (χ3n) is 5.35. The van der Waals surface area contributed by atoms with E-state index in [0.29, 0.717) is 23.0 Å². The van der Waals surface area contributed by atoms with Crippen molar-refractivity contribution in [3.8, 4) is 17.0 Å². The molecule has 0 saturated carbocycles. The van der Waals surface area contributed by atoms with Crippen molar-refractivity contribution in [2.24, 2.45) is 0 Å². The van der Waals surface area contributed by atoms with E-state index >= 15 is 0 Å². The van der Waals surface area contributed by atoms with Crippen molar-refractivity contribution >= 4 is 33.1 Å². The summed E-state index contributed by atoms with van der Waals surface area (Å²) in [6, 6.07) is 13.6. The fourth-order valence-electron chi connectivity index (χ4n) is 3.48. The maximum absolute atomic E-state index is 12.9. The number of ether oxygens (including phenoxy) is 1. The van der Waals surface area contributed by atoms with Crippen molar-refractivity contribution in [2.45, 2.75) is 18.0 Å². The highest BCUT2D eigenvalue weighted by Crippen LogP contribution is 2.29. The molecule has 0 aliphatic heterocycles. The highest BCUT2D eigenvalue weighted by atomic mass is 32.2. The van der Waals surface area contributed by atoms with Gasteiger partial charge in [-0.25, -0.2) is 18.4 Å². The molecule has 0 bridgehead atoms. The third-order valence-corrected chi connectivity index (χ3v) is 6.49. The van der Waals surface area contributed by atoms with Crippen LogP contribution in [0.3, 0.4) is 0 Å². The molecular weight excluding hydrogens is 535 g/mol. The van der Waals surface area contributed by atoms with Crippen molar-refractivity contribution < 1.29 is 31.1 Å². The van der Waals surface area contributed by atoms with Crippen LogP contribution in [0.15, 0.2) is 78.1 Å². The Balaban J connectivity index is 1.55. The summed E-state index contributed by atoms with van der Waals surface area (Å²) in [5.74, 6) is -0.943. The second-order valence-corrected chi connectivity index (χ2v) is 10.4. The van der Waals surface area contributed by atoms with Gasteiger partial charge in [0.15, 0.2) is 16.4 Å². The number of carbonyl (C=O) groups excluding carboxylic acids is 1. The fourth-order valence-corrected chi connectivity index (χ4v) is 4.28. The van der Waals surface area contributed by atoms with Gasteiger partial charge in [-0.15, -0.1) is 0 Å². The van der Waals surface area contributed by atoms with Crippen molar-refractivity contribution in [1.82, 2.24) is 15.0 Å². The topological polar surface area (TPSA) is 123 Å². The van der Waals surface area contributed by atoms with Crippen molar-refractivity contribution in [1.29, 1.82) is 0 Å². The van der Waals surface area contributed by atoms with Gasteiger partial charge in [0.05, 0.1) is 5.69 Å². The molecule has 9 nitrogen and oxygen atoms in total. The smallest absolute Gasteiger partial charge is 0.422 e. The van der Waals surface area contributed by atoms with Gasteiger partial charge in [-0.2, -0.15) is 13.2 Å². The molecule has 0 aliphatic rings. The van der Waals surface area contributed by atoms with Gasteiger partial charge in [0.2, 0.25) is 5.95 Å². The van der Waals surface area contributed by atoms with Crippen LogP contribution in [-0.2, 0) is 9.84 Å². The molecule has 2 heterocycles. The molecule has 202 valence electrons. The number of carbonyl (C=O) groups is 1. The number of rotatable bonds is 8. The number of nitrogens with zero attached hydrogens (tertiary/aromatic N) is 3. The number of sulfone groups is 1. The van der Waals surface area contributed by atoms with E-state index in [1.807, 2.05) is 13.0 Å². The predicted octanol–water partition coefficient (Wildman–Crippen LogP) is 5.19. The van der Waals surface area contributed by atoms with Crippen LogP contribution in [0.25, 0.3) is 11.3 Å². The molecule has 0 atom stereocenters. The lowest BCUT2D eigenvalue weighted by Crippen LogP contribution is -2.20.